The van der Waals surface area contributed by atoms with Crippen molar-refractivity contribution < 1.29 is 4.74 Å². The average Bonchev–Trinajstić information content (AvgIpc) is 2.65. The normalized spacial score (nSPS) is 14.4. The number of pyridine rings is 1. The van der Waals surface area contributed by atoms with Crippen LogP contribution in [0, 0.1) is 0 Å². The summed E-state index contributed by atoms with van der Waals surface area (Å²) in [4.78, 5) is 6.34. The van der Waals surface area contributed by atoms with Crippen LogP contribution >= 0.6 is 23.2 Å². The highest BCUT2D eigenvalue weighted by Crippen LogP contribution is 2.32. The number of ether oxygens (including phenoxy) is 1. The Balaban J connectivity index is 1.97. The molecular weight excluding hydrogens is 297 g/mol. The lowest BCUT2D eigenvalue weighted by molar-refractivity contribution is 0.331. The number of anilines is 2. The number of para-hydroxylation sites is 1. The van der Waals surface area contributed by atoms with Gasteiger partial charge in [-0.1, -0.05) is 41.4 Å². The maximum absolute atomic E-state index is 6.23. The molecule has 0 radical (unpaired) electrons. The van der Waals surface area contributed by atoms with E-state index < -0.39 is 0 Å². The molecule has 1 aliphatic heterocycles. The summed E-state index contributed by atoms with van der Waals surface area (Å²) in [5.74, 6) is 1.81. The molecule has 20 heavy (non-hydrogen) atoms. The van der Waals surface area contributed by atoms with Crippen LogP contribution in [0.3, 0.4) is 0 Å². The Labute approximate surface area is 127 Å². The minimum Gasteiger partial charge on any atom is -0.491 e. The second-order valence-corrected chi connectivity index (χ2v) is 5.35. The molecule has 0 fully saturated rings. The molecule has 0 unspecified atom stereocenters. The monoisotopic (exact) mass is 309 g/mol. The van der Waals surface area contributed by atoms with Crippen LogP contribution in [0.5, 0.6) is 5.75 Å². The van der Waals surface area contributed by atoms with E-state index in [0.717, 1.165) is 11.3 Å². The molecular formula is C14H13Cl2N3O. The Morgan fingerprint density at radius 1 is 1.20 bits per heavy atom. The summed E-state index contributed by atoms with van der Waals surface area (Å²) in [6.45, 7) is 1.92. The van der Waals surface area contributed by atoms with E-state index in [1.807, 2.05) is 29.2 Å². The molecule has 0 saturated carbocycles. The molecule has 0 amide bonds. The van der Waals surface area contributed by atoms with Crippen LogP contribution in [0.1, 0.15) is 5.56 Å². The Hall–Kier alpha value is -1.65. The van der Waals surface area contributed by atoms with Crippen molar-refractivity contribution in [2.45, 2.75) is 6.54 Å². The number of hydrogen-bond donors (Lipinski definition) is 1. The quantitative estimate of drug-likeness (QED) is 0.877. The lowest BCUT2D eigenvalue weighted by Crippen LogP contribution is -2.26. The molecule has 0 atom stereocenters. The third-order valence-corrected chi connectivity index (χ3v) is 3.77. The van der Waals surface area contributed by atoms with Gasteiger partial charge >= 0.3 is 0 Å². The van der Waals surface area contributed by atoms with Crippen molar-refractivity contribution in [1.29, 1.82) is 0 Å². The molecule has 6 heteroatoms. The summed E-state index contributed by atoms with van der Waals surface area (Å²) >= 11 is 12.2. The first-order valence-electron chi connectivity index (χ1n) is 6.22. The standard InChI is InChI=1S/C14H13Cl2N3O/c15-10-7-11(16)14(18-13(10)17)19-5-6-20-12-4-2-1-3-9(12)8-19/h1-4,7H,5-6,8H2,(H2,17,18). The molecule has 3 rings (SSSR count). The Bertz CT molecular complexity index is 648. The van der Waals surface area contributed by atoms with Gasteiger partial charge in [0.2, 0.25) is 0 Å². The molecule has 0 bridgehead atoms. The van der Waals surface area contributed by atoms with Gasteiger partial charge in [-0.05, 0) is 12.1 Å². The van der Waals surface area contributed by atoms with Crippen molar-refractivity contribution in [1.82, 2.24) is 4.98 Å². The van der Waals surface area contributed by atoms with Gasteiger partial charge in [0.05, 0.1) is 16.6 Å². The fourth-order valence-electron chi connectivity index (χ4n) is 2.20. The summed E-state index contributed by atoms with van der Waals surface area (Å²) in [7, 11) is 0. The third kappa shape index (κ3) is 2.49. The van der Waals surface area contributed by atoms with Gasteiger partial charge < -0.3 is 15.4 Å². The highest BCUT2D eigenvalue weighted by atomic mass is 35.5. The van der Waals surface area contributed by atoms with Gasteiger partial charge in [-0.25, -0.2) is 4.98 Å². The summed E-state index contributed by atoms with van der Waals surface area (Å²) in [5, 5.41) is 0.855. The van der Waals surface area contributed by atoms with Gasteiger partial charge in [-0.3, -0.25) is 0 Å². The molecule has 1 aromatic carbocycles. The number of hydrogen-bond acceptors (Lipinski definition) is 4. The van der Waals surface area contributed by atoms with Gasteiger partial charge in [0.25, 0.3) is 0 Å². The molecule has 2 heterocycles. The van der Waals surface area contributed by atoms with E-state index in [0.29, 0.717) is 35.6 Å². The Kier molecular flexibility index (Phi) is 3.59. The number of halogens is 2. The summed E-state index contributed by atoms with van der Waals surface area (Å²) in [6, 6.07) is 9.56. The number of nitrogens with zero attached hydrogens (tertiary/aromatic N) is 2. The van der Waals surface area contributed by atoms with E-state index >= 15 is 0 Å². The van der Waals surface area contributed by atoms with Crippen LogP contribution in [-0.4, -0.2) is 18.1 Å². The van der Waals surface area contributed by atoms with Crippen molar-refractivity contribution in [3.8, 4) is 5.75 Å². The predicted octanol–water partition coefficient (Wildman–Crippen LogP) is 3.37. The summed E-state index contributed by atoms with van der Waals surface area (Å²) in [6.07, 6.45) is 0. The number of aromatic nitrogens is 1. The Morgan fingerprint density at radius 2 is 2.00 bits per heavy atom. The zero-order valence-electron chi connectivity index (χ0n) is 10.6. The second-order valence-electron chi connectivity index (χ2n) is 4.54. The molecule has 0 aliphatic carbocycles. The molecule has 1 aromatic heterocycles. The zero-order valence-corrected chi connectivity index (χ0v) is 12.2. The number of rotatable bonds is 1. The van der Waals surface area contributed by atoms with Gasteiger partial charge in [-0.15, -0.1) is 0 Å². The van der Waals surface area contributed by atoms with E-state index in [-0.39, 0.29) is 5.82 Å². The highest BCUT2D eigenvalue weighted by molar-refractivity contribution is 6.37. The van der Waals surface area contributed by atoms with Crippen LogP contribution in [0.15, 0.2) is 30.3 Å². The highest BCUT2D eigenvalue weighted by Gasteiger charge is 2.19. The summed E-state index contributed by atoms with van der Waals surface area (Å²) in [5.41, 5.74) is 6.86. The smallest absolute Gasteiger partial charge is 0.150 e. The predicted molar refractivity (Wildman–Crippen MR) is 81.7 cm³/mol. The van der Waals surface area contributed by atoms with Crippen LogP contribution in [0.2, 0.25) is 10.0 Å². The fraction of sp³-hybridized carbons (Fsp3) is 0.214. The van der Waals surface area contributed by atoms with Crippen LogP contribution in [0.4, 0.5) is 11.6 Å². The molecule has 2 N–H and O–H groups in total. The van der Waals surface area contributed by atoms with Gasteiger partial charge in [0.1, 0.15) is 24.0 Å². The molecule has 0 saturated heterocycles. The first kappa shape index (κ1) is 13.3. The lowest BCUT2D eigenvalue weighted by Gasteiger charge is -2.22. The minimum absolute atomic E-state index is 0.282. The van der Waals surface area contributed by atoms with E-state index in [1.54, 1.807) is 6.07 Å². The summed E-state index contributed by atoms with van der Waals surface area (Å²) < 4.78 is 5.72. The van der Waals surface area contributed by atoms with Crippen molar-refractivity contribution in [3.05, 3.63) is 45.9 Å². The minimum atomic E-state index is 0.282. The van der Waals surface area contributed by atoms with Crippen molar-refractivity contribution >= 4 is 34.8 Å². The number of nitrogen functional groups attached to an aromatic ring is 1. The first-order valence-corrected chi connectivity index (χ1v) is 6.98. The van der Waals surface area contributed by atoms with Crippen LogP contribution < -0.4 is 15.4 Å². The van der Waals surface area contributed by atoms with E-state index in [9.17, 15) is 0 Å². The number of benzene rings is 1. The average molecular weight is 310 g/mol. The second kappa shape index (κ2) is 5.38. The molecule has 104 valence electrons. The van der Waals surface area contributed by atoms with E-state index in [2.05, 4.69) is 4.98 Å². The molecule has 2 aromatic rings. The maximum atomic E-state index is 6.23. The fourth-order valence-corrected chi connectivity index (χ4v) is 2.68. The molecule has 0 spiro atoms. The van der Waals surface area contributed by atoms with E-state index in [1.165, 1.54) is 0 Å². The Morgan fingerprint density at radius 3 is 2.85 bits per heavy atom. The maximum Gasteiger partial charge on any atom is 0.150 e. The largest absolute Gasteiger partial charge is 0.491 e. The third-order valence-electron chi connectivity index (χ3n) is 3.19. The van der Waals surface area contributed by atoms with Crippen LogP contribution in [0.25, 0.3) is 0 Å². The van der Waals surface area contributed by atoms with Crippen LogP contribution in [-0.2, 0) is 6.54 Å². The van der Waals surface area contributed by atoms with Gasteiger partial charge in [-0.2, -0.15) is 0 Å². The van der Waals surface area contributed by atoms with E-state index in [4.69, 9.17) is 33.7 Å². The van der Waals surface area contributed by atoms with Gasteiger partial charge in [0.15, 0.2) is 0 Å². The lowest BCUT2D eigenvalue weighted by atomic mass is 10.2. The first-order chi connectivity index (χ1) is 9.65. The van der Waals surface area contributed by atoms with Crippen molar-refractivity contribution in [2.75, 3.05) is 23.8 Å². The number of fused-ring (bicyclic) bond motifs is 1. The zero-order chi connectivity index (χ0) is 14.1. The van der Waals surface area contributed by atoms with Crippen molar-refractivity contribution in [3.63, 3.8) is 0 Å². The van der Waals surface area contributed by atoms with Crippen molar-refractivity contribution in [2.24, 2.45) is 0 Å². The number of nitrogens with two attached hydrogens (primary N) is 1. The molecule has 1 aliphatic rings. The molecule has 4 nitrogen and oxygen atoms in total. The topological polar surface area (TPSA) is 51.4 Å². The SMILES string of the molecule is Nc1nc(N2CCOc3ccccc3C2)c(Cl)cc1Cl. The van der Waals surface area contributed by atoms with Gasteiger partial charge in [0, 0.05) is 12.1 Å².